The molecule has 27 heavy (non-hydrogen) atoms. The Hall–Kier alpha value is -1.60. The van der Waals surface area contributed by atoms with E-state index in [4.69, 9.17) is 0 Å². The molecule has 1 atom stereocenters. The molecule has 0 bridgehead atoms. The lowest BCUT2D eigenvalue weighted by atomic mass is 9.93. The molecule has 2 saturated heterocycles. The van der Waals surface area contributed by atoms with Gasteiger partial charge in [-0.3, -0.25) is 0 Å². The topological polar surface area (TPSA) is 69.7 Å². The molecule has 1 N–H and O–H groups in total. The SMILES string of the molecule is Cc1ccc(C2CCN(C(=O)NCC3CCN(S(C)(=O)=O)CC3)C2)c(C)c1. The predicted molar refractivity (Wildman–Crippen MR) is 107 cm³/mol. The van der Waals surface area contributed by atoms with Crippen molar-refractivity contribution in [3.63, 3.8) is 0 Å². The summed E-state index contributed by atoms with van der Waals surface area (Å²) in [6.07, 6.45) is 3.87. The number of sulfonamides is 1. The molecule has 0 saturated carbocycles. The van der Waals surface area contributed by atoms with Gasteiger partial charge in [0.15, 0.2) is 0 Å². The van der Waals surface area contributed by atoms with Crippen LogP contribution in [-0.4, -0.2) is 62.6 Å². The van der Waals surface area contributed by atoms with Crippen molar-refractivity contribution in [3.05, 3.63) is 34.9 Å². The largest absolute Gasteiger partial charge is 0.338 e. The van der Waals surface area contributed by atoms with Crippen molar-refractivity contribution < 1.29 is 13.2 Å². The highest BCUT2D eigenvalue weighted by molar-refractivity contribution is 7.88. The van der Waals surface area contributed by atoms with Crippen molar-refractivity contribution in [2.45, 2.75) is 39.0 Å². The molecule has 3 rings (SSSR count). The summed E-state index contributed by atoms with van der Waals surface area (Å²) in [4.78, 5) is 14.4. The molecule has 2 aliphatic heterocycles. The number of piperidine rings is 1. The third-order valence-electron chi connectivity index (χ3n) is 5.93. The summed E-state index contributed by atoms with van der Waals surface area (Å²) in [5.74, 6) is 0.763. The predicted octanol–water partition coefficient (Wildman–Crippen LogP) is 2.47. The van der Waals surface area contributed by atoms with E-state index in [2.05, 4.69) is 37.4 Å². The van der Waals surface area contributed by atoms with E-state index >= 15 is 0 Å². The fraction of sp³-hybridized carbons (Fsp3) is 0.650. The number of nitrogens with one attached hydrogen (secondary N) is 1. The molecule has 2 amide bonds. The molecular weight excluding hydrogens is 362 g/mol. The lowest BCUT2D eigenvalue weighted by Gasteiger charge is -2.30. The first-order valence-corrected chi connectivity index (χ1v) is 11.6. The zero-order valence-electron chi connectivity index (χ0n) is 16.6. The lowest BCUT2D eigenvalue weighted by molar-refractivity contribution is 0.201. The fourth-order valence-electron chi connectivity index (χ4n) is 4.27. The van der Waals surface area contributed by atoms with Gasteiger partial charge >= 0.3 is 6.03 Å². The average molecular weight is 394 g/mol. The van der Waals surface area contributed by atoms with Crippen molar-refractivity contribution in [3.8, 4) is 0 Å². The van der Waals surface area contributed by atoms with Crippen LogP contribution in [-0.2, 0) is 10.0 Å². The molecule has 1 unspecified atom stereocenters. The van der Waals surface area contributed by atoms with Crippen LogP contribution in [0.1, 0.15) is 41.9 Å². The molecular formula is C20H31N3O3S. The molecule has 0 spiro atoms. The molecule has 6 nitrogen and oxygen atoms in total. The van der Waals surface area contributed by atoms with Gasteiger partial charge in [-0.25, -0.2) is 17.5 Å². The Kier molecular flexibility index (Phi) is 6.11. The number of hydrogen-bond acceptors (Lipinski definition) is 3. The standard InChI is InChI=1S/C20H31N3O3S/c1-15-4-5-19(16(2)12-15)18-8-9-22(14-18)20(24)21-13-17-6-10-23(11-7-17)27(3,25)26/h4-5,12,17-18H,6-11,13-14H2,1-3H3,(H,21,24). The Morgan fingerprint density at radius 1 is 1.15 bits per heavy atom. The van der Waals surface area contributed by atoms with Crippen LogP contribution in [0, 0.1) is 19.8 Å². The maximum atomic E-state index is 12.5. The molecule has 150 valence electrons. The average Bonchev–Trinajstić information content (AvgIpc) is 3.09. The number of carbonyl (C=O) groups is 1. The normalized spacial score (nSPS) is 22.2. The Morgan fingerprint density at radius 2 is 1.85 bits per heavy atom. The van der Waals surface area contributed by atoms with Crippen molar-refractivity contribution >= 4 is 16.1 Å². The molecule has 1 aromatic rings. The van der Waals surface area contributed by atoms with Crippen molar-refractivity contribution in [2.24, 2.45) is 5.92 Å². The number of benzene rings is 1. The number of nitrogens with zero attached hydrogens (tertiary/aromatic N) is 2. The summed E-state index contributed by atoms with van der Waals surface area (Å²) in [5, 5.41) is 3.06. The maximum absolute atomic E-state index is 12.5. The first-order chi connectivity index (χ1) is 12.7. The molecule has 0 aliphatic carbocycles. The van der Waals surface area contributed by atoms with Gasteiger partial charge in [0.2, 0.25) is 10.0 Å². The summed E-state index contributed by atoms with van der Waals surface area (Å²) >= 11 is 0. The van der Waals surface area contributed by atoms with Crippen LogP contribution >= 0.6 is 0 Å². The maximum Gasteiger partial charge on any atom is 0.317 e. The van der Waals surface area contributed by atoms with Crippen LogP contribution in [0.2, 0.25) is 0 Å². The van der Waals surface area contributed by atoms with Gasteiger partial charge in [-0.1, -0.05) is 23.8 Å². The number of hydrogen-bond donors (Lipinski definition) is 1. The van der Waals surface area contributed by atoms with E-state index in [0.29, 0.717) is 31.5 Å². The van der Waals surface area contributed by atoms with Crippen LogP contribution < -0.4 is 5.32 Å². The fourth-order valence-corrected chi connectivity index (χ4v) is 5.14. The minimum atomic E-state index is -3.09. The number of aryl methyl sites for hydroxylation is 2. The van der Waals surface area contributed by atoms with Crippen LogP contribution in [0.5, 0.6) is 0 Å². The van der Waals surface area contributed by atoms with E-state index < -0.39 is 10.0 Å². The molecule has 2 fully saturated rings. The van der Waals surface area contributed by atoms with Crippen molar-refractivity contribution in [1.82, 2.24) is 14.5 Å². The minimum Gasteiger partial charge on any atom is -0.338 e. The van der Waals surface area contributed by atoms with Gasteiger partial charge in [0, 0.05) is 38.6 Å². The molecule has 0 aromatic heterocycles. The van der Waals surface area contributed by atoms with Gasteiger partial charge in [0.1, 0.15) is 0 Å². The van der Waals surface area contributed by atoms with E-state index in [9.17, 15) is 13.2 Å². The van der Waals surface area contributed by atoms with Gasteiger partial charge in [-0.2, -0.15) is 0 Å². The molecule has 7 heteroatoms. The summed E-state index contributed by atoms with van der Waals surface area (Å²) in [6, 6.07) is 6.56. The summed E-state index contributed by atoms with van der Waals surface area (Å²) in [5.41, 5.74) is 3.93. The minimum absolute atomic E-state index is 0.00723. The first kappa shape index (κ1) is 20.1. The smallest absolute Gasteiger partial charge is 0.317 e. The van der Waals surface area contributed by atoms with Crippen LogP contribution in [0.25, 0.3) is 0 Å². The lowest BCUT2D eigenvalue weighted by Crippen LogP contribution is -2.44. The Labute approximate surface area is 163 Å². The van der Waals surface area contributed by atoms with Crippen LogP contribution in [0.4, 0.5) is 4.79 Å². The van der Waals surface area contributed by atoms with Crippen molar-refractivity contribution in [2.75, 3.05) is 39.0 Å². The van der Waals surface area contributed by atoms with Gasteiger partial charge in [-0.05, 0) is 50.2 Å². The van der Waals surface area contributed by atoms with Gasteiger partial charge in [-0.15, -0.1) is 0 Å². The quantitative estimate of drug-likeness (QED) is 0.854. The van der Waals surface area contributed by atoms with Gasteiger partial charge < -0.3 is 10.2 Å². The molecule has 2 heterocycles. The second-order valence-electron chi connectivity index (χ2n) is 8.08. The van der Waals surface area contributed by atoms with Gasteiger partial charge in [0.25, 0.3) is 0 Å². The highest BCUT2D eigenvalue weighted by Gasteiger charge is 2.29. The third-order valence-corrected chi connectivity index (χ3v) is 7.23. The summed E-state index contributed by atoms with van der Waals surface area (Å²) < 4.78 is 24.7. The molecule has 0 radical (unpaired) electrons. The zero-order chi connectivity index (χ0) is 19.6. The van der Waals surface area contributed by atoms with Gasteiger partial charge in [0.05, 0.1) is 6.26 Å². The Balaban J connectivity index is 1.46. The van der Waals surface area contributed by atoms with Crippen LogP contribution in [0.3, 0.4) is 0 Å². The first-order valence-electron chi connectivity index (χ1n) is 9.79. The third kappa shape index (κ3) is 5.02. The molecule has 2 aliphatic rings. The number of likely N-dealkylation sites (tertiary alicyclic amines) is 1. The summed E-state index contributed by atoms with van der Waals surface area (Å²) in [7, 11) is -3.09. The van der Waals surface area contributed by atoms with E-state index in [1.54, 1.807) is 0 Å². The highest BCUT2D eigenvalue weighted by Crippen LogP contribution is 2.30. The van der Waals surface area contributed by atoms with Crippen LogP contribution in [0.15, 0.2) is 18.2 Å². The van der Waals surface area contributed by atoms with E-state index in [1.165, 1.54) is 27.3 Å². The number of carbonyl (C=O) groups excluding carboxylic acids is 1. The highest BCUT2D eigenvalue weighted by atomic mass is 32.2. The van der Waals surface area contributed by atoms with E-state index in [0.717, 1.165) is 32.4 Å². The van der Waals surface area contributed by atoms with E-state index in [-0.39, 0.29) is 6.03 Å². The monoisotopic (exact) mass is 393 g/mol. The Bertz CT molecular complexity index is 786. The number of urea groups is 1. The van der Waals surface area contributed by atoms with E-state index in [1.807, 2.05) is 4.90 Å². The van der Waals surface area contributed by atoms with Crippen molar-refractivity contribution in [1.29, 1.82) is 0 Å². The second kappa shape index (κ2) is 8.19. The second-order valence-corrected chi connectivity index (χ2v) is 10.1. The Morgan fingerprint density at radius 3 is 2.48 bits per heavy atom. The number of amides is 2. The molecule has 1 aromatic carbocycles. The number of rotatable bonds is 4. The zero-order valence-corrected chi connectivity index (χ0v) is 17.4. The summed E-state index contributed by atoms with van der Waals surface area (Å²) in [6.45, 7) is 7.54.